The van der Waals surface area contributed by atoms with Crippen LogP contribution in [-0.2, 0) is 5.16 Å². The van der Waals surface area contributed by atoms with Crippen LogP contribution in [0.3, 0.4) is 0 Å². The lowest BCUT2D eigenvalue weighted by Crippen LogP contribution is -2.46. The number of imidazole rings is 1. The fourth-order valence-corrected chi connectivity index (χ4v) is 7.18. The van der Waals surface area contributed by atoms with Gasteiger partial charge >= 0.3 is 0 Å². The monoisotopic (exact) mass is 572 g/mol. The highest BCUT2D eigenvalue weighted by Gasteiger charge is 2.37. The predicted octanol–water partition coefficient (Wildman–Crippen LogP) is 6.81. The molecule has 0 bridgehead atoms. The van der Waals surface area contributed by atoms with Crippen LogP contribution < -0.4 is 16.1 Å². The number of hydrogen-bond acceptors (Lipinski definition) is 1. The maximum atomic E-state index is 4.39. The molecule has 0 unspecified atom stereocenters. The first-order valence-corrected chi connectivity index (χ1v) is 15.8. The van der Waals surface area contributed by atoms with Gasteiger partial charge in [-0.25, -0.2) is 4.98 Å². The summed E-state index contributed by atoms with van der Waals surface area (Å²) in [7, 11) is 0.527. The molecule has 0 amide bonds. The lowest BCUT2D eigenvalue weighted by atomic mass is 9.41. The van der Waals surface area contributed by atoms with E-state index in [1.54, 1.807) is 0 Å². The molecule has 0 aliphatic heterocycles. The summed E-state index contributed by atoms with van der Waals surface area (Å²) >= 11 is 0. The molecule has 0 aliphatic rings. The minimum atomic E-state index is -0.325. The van der Waals surface area contributed by atoms with Crippen LogP contribution in [0.15, 0.2) is 177 Å². The molecule has 0 N–H and O–H groups in total. The van der Waals surface area contributed by atoms with E-state index in [0.717, 1.165) is 0 Å². The van der Waals surface area contributed by atoms with Crippen molar-refractivity contribution in [3.8, 4) is 0 Å². The van der Waals surface area contributed by atoms with Gasteiger partial charge < -0.3 is 4.57 Å². The highest BCUT2D eigenvalue weighted by atomic mass is 28.2. The molecule has 5 aromatic carbocycles. The van der Waals surface area contributed by atoms with Crippen molar-refractivity contribution in [1.29, 1.82) is 0 Å². The largest absolute Gasteiger partial charge is 0.326 e. The van der Waals surface area contributed by atoms with Crippen LogP contribution in [0, 0.1) is 0 Å². The van der Waals surface area contributed by atoms with Crippen LogP contribution in [0.4, 0.5) is 0 Å². The Labute approximate surface area is 259 Å². The van der Waals surface area contributed by atoms with Crippen molar-refractivity contribution in [1.82, 2.24) is 9.55 Å². The van der Waals surface area contributed by atoms with Gasteiger partial charge in [-0.05, 0) is 22.6 Å². The first-order chi connectivity index (χ1) is 21.1. The SMILES string of the molecule is C=CB(c1ccccc1)c1ccccc1.CC(C)c1cccc([Si]C(c2ccccc2)(c2ccccc2)n2ccnc2)c1. The normalized spacial score (nSPS) is 11.0. The Bertz CT molecular complexity index is 1590. The Morgan fingerprint density at radius 3 is 1.65 bits per heavy atom. The first-order valence-electron chi connectivity index (χ1n) is 14.8. The Morgan fingerprint density at radius 2 is 1.21 bits per heavy atom. The molecule has 0 saturated carbocycles. The molecule has 1 aromatic heterocycles. The second-order valence-electron chi connectivity index (χ2n) is 10.9. The van der Waals surface area contributed by atoms with E-state index in [-0.39, 0.29) is 5.16 Å². The second kappa shape index (κ2) is 14.5. The van der Waals surface area contributed by atoms with E-state index >= 15 is 0 Å². The molecule has 1 heterocycles. The van der Waals surface area contributed by atoms with Gasteiger partial charge in [-0.3, -0.25) is 0 Å². The van der Waals surface area contributed by atoms with Gasteiger partial charge in [0, 0.05) is 12.4 Å². The molecule has 0 fully saturated rings. The van der Waals surface area contributed by atoms with Gasteiger partial charge in [0.05, 0.1) is 11.5 Å². The summed E-state index contributed by atoms with van der Waals surface area (Å²) in [5, 5.41) is 1.03. The molecular formula is C39H37BN2Si. The van der Waals surface area contributed by atoms with E-state index in [1.165, 1.54) is 32.8 Å². The smallest absolute Gasteiger partial charge is 0.233 e. The molecule has 0 spiro atoms. The van der Waals surface area contributed by atoms with E-state index in [0.29, 0.717) is 22.2 Å². The highest BCUT2D eigenvalue weighted by molar-refractivity contribution is 6.89. The van der Waals surface area contributed by atoms with Crippen molar-refractivity contribution in [3.05, 3.63) is 194 Å². The van der Waals surface area contributed by atoms with Gasteiger partial charge in [-0.15, -0.1) is 12.6 Å². The van der Waals surface area contributed by atoms with Crippen molar-refractivity contribution in [3.63, 3.8) is 0 Å². The minimum absolute atomic E-state index is 0.299. The maximum absolute atomic E-state index is 4.39. The molecule has 43 heavy (non-hydrogen) atoms. The first kappa shape index (κ1) is 29.8. The van der Waals surface area contributed by atoms with E-state index in [1.807, 2.05) is 30.6 Å². The van der Waals surface area contributed by atoms with E-state index in [4.69, 9.17) is 0 Å². The Morgan fingerprint density at radius 1 is 0.698 bits per heavy atom. The number of rotatable bonds is 9. The fourth-order valence-electron chi connectivity index (χ4n) is 5.46. The average Bonchev–Trinajstić information content (AvgIpc) is 3.62. The van der Waals surface area contributed by atoms with Crippen molar-refractivity contribution in [2.24, 2.45) is 0 Å². The summed E-state index contributed by atoms with van der Waals surface area (Å²) in [4.78, 5) is 4.39. The van der Waals surface area contributed by atoms with Gasteiger partial charge in [0.2, 0.25) is 6.71 Å². The van der Waals surface area contributed by atoms with Crippen LogP contribution in [0.1, 0.15) is 36.5 Å². The van der Waals surface area contributed by atoms with Crippen molar-refractivity contribution in [2.45, 2.75) is 24.9 Å². The van der Waals surface area contributed by atoms with E-state index in [9.17, 15) is 0 Å². The summed E-state index contributed by atoms with van der Waals surface area (Å²) in [6, 6.07) is 51.5. The van der Waals surface area contributed by atoms with Gasteiger partial charge in [0.1, 0.15) is 9.52 Å². The lowest BCUT2D eigenvalue weighted by molar-refractivity contribution is 0.596. The molecule has 6 aromatic rings. The van der Waals surface area contributed by atoms with Crippen molar-refractivity contribution >= 4 is 32.3 Å². The Kier molecular flexibility index (Phi) is 10.0. The minimum Gasteiger partial charge on any atom is -0.326 e. The lowest BCUT2D eigenvalue weighted by Gasteiger charge is -2.36. The van der Waals surface area contributed by atoms with Gasteiger partial charge in [-0.2, -0.15) is 0 Å². The molecule has 210 valence electrons. The maximum Gasteiger partial charge on any atom is 0.233 e. The number of benzene rings is 5. The van der Waals surface area contributed by atoms with E-state index in [2.05, 4.69) is 170 Å². The van der Waals surface area contributed by atoms with Gasteiger partial charge in [0.25, 0.3) is 0 Å². The van der Waals surface area contributed by atoms with Crippen LogP contribution in [0.2, 0.25) is 0 Å². The summed E-state index contributed by atoms with van der Waals surface area (Å²) in [6.45, 7) is 8.71. The molecule has 0 atom stereocenters. The van der Waals surface area contributed by atoms with E-state index < -0.39 is 0 Å². The molecule has 0 saturated heterocycles. The van der Waals surface area contributed by atoms with Gasteiger partial charge in [-0.1, -0.05) is 176 Å². The Balaban J connectivity index is 0.000000207. The van der Waals surface area contributed by atoms with Crippen molar-refractivity contribution in [2.75, 3.05) is 0 Å². The molecule has 4 heteroatoms. The van der Waals surface area contributed by atoms with Crippen molar-refractivity contribution < 1.29 is 0 Å². The summed E-state index contributed by atoms with van der Waals surface area (Å²) in [6.07, 6.45) is 5.90. The number of aromatic nitrogens is 2. The second-order valence-corrected chi connectivity index (χ2v) is 12.4. The highest BCUT2D eigenvalue weighted by Crippen LogP contribution is 2.33. The van der Waals surface area contributed by atoms with Gasteiger partial charge in [0.15, 0.2) is 0 Å². The topological polar surface area (TPSA) is 17.8 Å². The average molecular weight is 573 g/mol. The zero-order valence-electron chi connectivity index (χ0n) is 24.9. The third-order valence-corrected chi connectivity index (χ3v) is 9.50. The third kappa shape index (κ3) is 7.05. The van der Waals surface area contributed by atoms with Crippen LogP contribution in [-0.4, -0.2) is 25.8 Å². The fraction of sp³-hybridized carbons (Fsp3) is 0.103. The standard InChI is InChI=1S/C25H24N2Si.C14H13B/c1-20(2)21-10-9-15-24(18-21)28-25(27-17-16-26-19-27,22-11-5-3-6-12-22)23-13-7-4-8-14-23;1-2-15(13-9-5-3-6-10-13)14-11-7-4-8-12-14/h3-20H,1-2H3;2-12H,1H2. The van der Waals surface area contributed by atoms with Crippen LogP contribution in [0.5, 0.6) is 0 Å². The summed E-state index contributed by atoms with van der Waals surface area (Å²) < 4.78 is 2.26. The summed E-state index contributed by atoms with van der Waals surface area (Å²) in [5.41, 5.74) is 6.50. The molecule has 0 aliphatic carbocycles. The quantitative estimate of drug-likeness (QED) is 0.174. The predicted molar refractivity (Wildman–Crippen MR) is 185 cm³/mol. The van der Waals surface area contributed by atoms with Crippen LogP contribution in [0.25, 0.3) is 0 Å². The summed E-state index contributed by atoms with van der Waals surface area (Å²) in [5.74, 6) is 2.51. The third-order valence-electron chi connectivity index (χ3n) is 7.71. The zero-order valence-corrected chi connectivity index (χ0v) is 25.9. The Hall–Kier alpha value is -4.67. The number of nitrogens with zero attached hydrogens (tertiary/aromatic N) is 2. The van der Waals surface area contributed by atoms with Crippen LogP contribution >= 0.6 is 0 Å². The zero-order chi connectivity index (χ0) is 29.9. The molecule has 2 radical (unpaired) electrons. The molecular weight excluding hydrogens is 535 g/mol. The number of hydrogen-bond donors (Lipinski definition) is 0. The molecule has 6 rings (SSSR count). The molecule has 2 nitrogen and oxygen atoms in total.